The molecule has 1 aliphatic heterocycles. The molecule has 4 aromatic heterocycles. The van der Waals surface area contributed by atoms with E-state index in [4.69, 9.17) is 8.83 Å². The lowest BCUT2D eigenvalue weighted by molar-refractivity contribution is 0.332. The standard InChI is InChI=1S/C61H50BN2O2S/c1-32-23-42(37-24-38-39-25-44-45(61(7,8)22-21-60(44,5)6)29-52(39)66-53(38)30-47(37)63-34-19-17-33(18-20-34)59(2,3)4)57-58-56(32)43-28-51-40(35-13-9-11-15-50(35)65-51)27-48(43)64(58)49-31-55-41(26-46(49)62-57)36-14-10-12-16-54(36)67-55/h9-20,23-31,63H,21-22H2,1-8H3. The van der Waals surface area contributed by atoms with Crippen LogP contribution in [0.25, 0.3) is 103 Å². The quantitative estimate of drug-likeness (QED) is 0.180. The maximum absolute atomic E-state index is 6.95. The average Bonchev–Trinajstić information content (AvgIpc) is 4.05. The van der Waals surface area contributed by atoms with Crippen LogP contribution in [0.5, 0.6) is 0 Å². The first-order chi connectivity index (χ1) is 32.2. The van der Waals surface area contributed by atoms with Crippen LogP contribution >= 0.6 is 11.3 Å². The third-order valence-corrected chi connectivity index (χ3v) is 16.9. The monoisotopic (exact) mass is 885 g/mol. The Bertz CT molecular complexity index is 4150. The van der Waals surface area contributed by atoms with Gasteiger partial charge < -0.3 is 18.7 Å². The van der Waals surface area contributed by atoms with Crippen LogP contribution in [-0.4, -0.2) is 11.8 Å². The summed E-state index contributed by atoms with van der Waals surface area (Å²) in [7, 11) is 2.47. The van der Waals surface area contributed by atoms with Gasteiger partial charge in [0.25, 0.3) is 0 Å². The molecule has 0 saturated heterocycles. The number of hydrogen-bond donors (Lipinski definition) is 1. The first kappa shape index (κ1) is 39.4. The molecule has 12 aromatic rings. The van der Waals surface area contributed by atoms with Crippen LogP contribution < -0.4 is 16.2 Å². The lowest BCUT2D eigenvalue weighted by Crippen LogP contribution is -2.37. The normalized spacial score (nSPS) is 15.4. The molecule has 67 heavy (non-hydrogen) atoms. The van der Waals surface area contributed by atoms with E-state index in [2.05, 4.69) is 200 Å². The molecule has 0 atom stereocenters. The van der Waals surface area contributed by atoms with Crippen LogP contribution in [-0.2, 0) is 16.2 Å². The third kappa shape index (κ3) is 5.60. The molecule has 0 bridgehead atoms. The van der Waals surface area contributed by atoms with Gasteiger partial charge in [0.05, 0.1) is 11.2 Å². The van der Waals surface area contributed by atoms with Crippen molar-refractivity contribution in [3.05, 3.63) is 150 Å². The molecule has 8 aromatic carbocycles. The predicted octanol–water partition coefficient (Wildman–Crippen LogP) is 16.3. The van der Waals surface area contributed by atoms with Crippen LogP contribution in [0.15, 0.2) is 136 Å². The zero-order valence-electron chi connectivity index (χ0n) is 39.3. The largest absolute Gasteiger partial charge is 0.456 e. The number of rotatable bonds is 3. The SMILES string of the molecule is Cc1cc(-c2cc3c(cc2Nc2ccc(C(C)(C)C)cc2)oc2cc4c(cc23)C(C)(C)CCC4(C)C)c2c3c1c1cc4oc5ccccc5c4cc1n3-c1cc3sc4ccccc4c3cc1[B]2. The topological polar surface area (TPSA) is 43.2 Å². The molecule has 0 unspecified atom stereocenters. The lowest BCUT2D eigenvalue weighted by Gasteiger charge is -2.41. The minimum absolute atomic E-state index is 0.0515. The van der Waals surface area contributed by atoms with Gasteiger partial charge in [-0.15, -0.1) is 11.3 Å². The maximum atomic E-state index is 6.95. The molecule has 5 heterocycles. The molecule has 4 nitrogen and oxygen atoms in total. The summed E-state index contributed by atoms with van der Waals surface area (Å²) in [5, 5.41) is 13.6. The molecule has 1 aliphatic carbocycles. The highest BCUT2D eigenvalue weighted by Gasteiger charge is 2.38. The second-order valence-electron chi connectivity index (χ2n) is 21.9. The number of nitrogens with one attached hydrogen (secondary N) is 1. The fourth-order valence-electron chi connectivity index (χ4n) is 11.9. The van der Waals surface area contributed by atoms with Crippen molar-refractivity contribution in [2.75, 3.05) is 5.32 Å². The minimum atomic E-state index is 0.0515. The van der Waals surface area contributed by atoms with Crippen molar-refractivity contribution < 1.29 is 8.83 Å². The highest BCUT2D eigenvalue weighted by Crippen LogP contribution is 2.50. The van der Waals surface area contributed by atoms with Crippen LogP contribution in [0.3, 0.4) is 0 Å². The summed E-state index contributed by atoms with van der Waals surface area (Å²) in [5.74, 6) is 0. The molecular formula is C61H50BN2O2S. The van der Waals surface area contributed by atoms with E-state index in [0.717, 1.165) is 68.3 Å². The lowest BCUT2D eigenvalue weighted by atomic mass is 9.58. The molecule has 0 fully saturated rings. The number of benzene rings is 8. The Hall–Kier alpha value is -6.76. The molecule has 1 N–H and O–H groups in total. The van der Waals surface area contributed by atoms with Crippen LogP contribution in [0, 0.1) is 6.92 Å². The zero-order valence-corrected chi connectivity index (χ0v) is 40.1. The van der Waals surface area contributed by atoms with E-state index in [1.807, 2.05) is 11.3 Å². The Labute approximate surface area is 394 Å². The summed E-state index contributed by atoms with van der Waals surface area (Å²) in [6.45, 7) is 18.7. The van der Waals surface area contributed by atoms with Crippen molar-refractivity contribution in [3.8, 4) is 16.8 Å². The molecule has 14 rings (SSSR count). The first-order valence-corrected chi connectivity index (χ1v) is 24.7. The number of anilines is 2. The van der Waals surface area contributed by atoms with Crippen LogP contribution in [0.2, 0.25) is 0 Å². The van der Waals surface area contributed by atoms with Crippen molar-refractivity contribution in [2.45, 2.75) is 84.5 Å². The second-order valence-corrected chi connectivity index (χ2v) is 23.0. The molecule has 325 valence electrons. The Morgan fingerprint density at radius 1 is 0.597 bits per heavy atom. The van der Waals surface area contributed by atoms with Crippen molar-refractivity contribution in [1.29, 1.82) is 0 Å². The van der Waals surface area contributed by atoms with E-state index >= 15 is 0 Å². The molecule has 2 aliphatic rings. The summed E-state index contributed by atoms with van der Waals surface area (Å²) in [6, 6.07) is 47.7. The van der Waals surface area contributed by atoms with Gasteiger partial charge in [-0.1, -0.05) is 115 Å². The number of aryl methyl sites for hydroxylation is 1. The van der Waals surface area contributed by atoms with E-state index in [0.29, 0.717) is 0 Å². The van der Waals surface area contributed by atoms with Gasteiger partial charge in [0, 0.05) is 75.6 Å². The smallest absolute Gasteiger partial charge is 0.197 e. The van der Waals surface area contributed by atoms with Gasteiger partial charge in [-0.05, 0) is 135 Å². The van der Waals surface area contributed by atoms with Crippen LogP contribution in [0.4, 0.5) is 11.4 Å². The Kier molecular flexibility index (Phi) is 7.78. The van der Waals surface area contributed by atoms with Gasteiger partial charge in [-0.25, -0.2) is 0 Å². The van der Waals surface area contributed by atoms with Crippen LogP contribution in [0.1, 0.15) is 83.6 Å². The highest BCUT2D eigenvalue weighted by molar-refractivity contribution is 7.25. The van der Waals surface area contributed by atoms with Gasteiger partial charge in [-0.2, -0.15) is 0 Å². The average molecular weight is 886 g/mol. The fraction of sp³-hybridized carbons (Fsp3) is 0.213. The molecular weight excluding hydrogens is 836 g/mol. The number of aromatic nitrogens is 1. The van der Waals surface area contributed by atoms with Gasteiger partial charge in [0.2, 0.25) is 0 Å². The Balaban J connectivity index is 1.08. The predicted molar refractivity (Wildman–Crippen MR) is 287 cm³/mol. The number of furan rings is 2. The second kappa shape index (κ2) is 13.2. The highest BCUT2D eigenvalue weighted by atomic mass is 32.1. The summed E-state index contributed by atoms with van der Waals surface area (Å²) >= 11 is 1.88. The fourth-order valence-corrected chi connectivity index (χ4v) is 13.1. The number of fused-ring (bicyclic) bond motifs is 15. The van der Waals surface area contributed by atoms with E-state index in [-0.39, 0.29) is 16.2 Å². The van der Waals surface area contributed by atoms with Crippen molar-refractivity contribution in [2.24, 2.45) is 0 Å². The first-order valence-electron chi connectivity index (χ1n) is 23.9. The summed E-state index contributed by atoms with van der Waals surface area (Å²) < 4.78 is 18.7. The summed E-state index contributed by atoms with van der Waals surface area (Å²) in [4.78, 5) is 0. The van der Waals surface area contributed by atoms with E-state index in [1.54, 1.807) is 0 Å². The van der Waals surface area contributed by atoms with Gasteiger partial charge in [0.15, 0.2) is 7.28 Å². The summed E-state index contributed by atoms with van der Waals surface area (Å²) in [6.07, 6.45) is 2.31. The van der Waals surface area contributed by atoms with E-state index < -0.39 is 0 Å². The maximum Gasteiger partial charge on any atom is 0.197 e. The third-order valence-electron chi connectivity index (χ3n) is 15.7. The Morgan fingerprint density at radius 2 is 1.27 bits per heavy atom. The van der Waals surface area contributed by atoms with Gasteiger partial charge in [0.1, 0.15) is 22.3 Å². The molecule has 0 amide bonds. The number of hydrogen-bond acceptors (Lipinski definition) is 4. The van der Waals surface area contributed by atoms with Crippen molar-refractivity contribution in [3.63, 3.8) is 0 Å². The van der Waals surface area contributed by atoms with Gasteiger partial charge in [-0.3, -0.25) is 0 Å². The van der Waals surface area contributed by atoms with E-state index in [1.165, 1.54) is 91.8 Å². The molecule has 0 spiro atoms. The molecule has 0 saturated carbocycles. The molecule has 6 heteroatoms. The number of para-hydroxylation sites is 1. The zero-order chi connectivity index (χ0) is 45.5. The Morgan fingerprint density at radius 3 is 2.06 bits per heavy atom. The number of nitrogens with zero attached hydrogens (tertiary/aromatic N) is 1. The molecule has 1 radical (unpaired) electrons. The van der Waals surface area contributed by atoms with E-state index in [9.17, 15) is 0 Å². The van der Waals surface area contributed by atoms with Crippen molar-refractivity contribution in [1.82, 2.24) is 4.57 Å². The van der Waals surface area contributed by atoms with Crippen molar-refractivity contribution >= 4 is 127 Å². The van der Waals surface area contributed by atoms with Gasteiger partial charge >= 0.3 is 0 Å². The minimum Gasteiger partial charge on any atom is -0.456 e. The summed E-state index contributed by atoms with van der Waals surface area (Å²) in [5.41, 5.74) is 19.7. The number of thiophene rings is 1.